The lowest BCUT2D eigenvalue weighted by atomic mass is 10.3. The molecule has 2 aromatic heterocycles. The van der Waals surface area contributed by atoms with Crippen molar-refractivity contribution in [1.82, 2.24) is 19.6 Å². The molecule has 2 heterocycles. The van der Waals surface area contributed by atoms with Crippen molar-refractivity contribution in [2.45, 2.75) is 33.9 Å². The van der Waals surface area contributed by atoms with E-state index >= 15 is 0 Å². The van der Waals surface area contributed by atoms with Crippen LogP contribution in [0, 0.1) is 13.8 Å². The number of hydrogen-bond donors (Lipinski definition) is 1. The van der Waals surface area contributed by atoms with Crippen LogP contribution in [0.25, 0.3) is 0 Å². The Balaban J connectivity index is 2.12. The molecule has 0 unspecified atom stereocenters. The molecule has 0 aliphatic carbocycles. The standard InChI is InChI=1S/C12H19N5/c1-5-17-12(6-10(3)15-17)13-8-11-9(2)7-14-16(11)4/h6-7,13H,5,8H2,1-4H3. The van der Waals surface area contributed by atoms with Gasteiger partial charge in [-0.3, -0.25) is 4.68 Å². The quantitative estimate of drug-likeness (QED) is 0.877. The molecule has 17 heavy (non-hydrogen) atoms. The molecule has 0 atom stereocenters. The van der Waals surface area contributed by atoms with Gasteiger partial charge >= 0.3 is 0 Å². The van der Waals surface area contributed by atoms with Crippen LogP contribution in [0.4, 0.5) is 5.82 Å². The highest BCUT2D eigenvalue weighted by Crippen LogP contribution is 2.13. The van der Waals surface area contributed by atoms with Gasteiger partial charge in [0.25, 0.3) is 0 Å². The summed E-state index contributed by atoms with van der Waals surface area (Å²) in [6, 6.07) is 2.06. The minimum Gasteiger partial charge on any atom is -0.365 e. The molecule has 0 saturated carbocycles. The SMILES string of the molecule is CCn1nc(C)cc1NCc1c(C)cnn1C. The third kappa shape index (κ3) is 2.33. The first kappa shape index (κ1) is 11.7. The first-order chi connectivity index (χ1) is 8.11. The first-order valence-corrected chi connectivity index (χ1v) is 5.87. The fourth-order valence-electron chi connectivity index (χ4n) is 1.93. The van der Waals surface area contributed by atoms with E-state index in [4.69, 9.17) is 0 Å². The minimum absolute atomic E-state index is 0.771. The van der Waals surface area contributed by atoms with Crippen molar-refractivity contribution in [3.63, 3.8) is 0 Å². The lowest BCUT2D eigenvalue weighted by Crippen LogP contribution is -2.10. The van der Waals surface area contributed by atoms with E-state index in [0.29, 0.717) is 0 Å². The summed E-state index contributed by atoms with van der Waals surface area (Å²) in [4.78, 5) is 0. The van der Waals surface area contributed by atoms with Gasteiger partial charge in [0, 0.05) is 19.7 Å². The summed E-state index contributed by atoms with van der Waals surface area (Å²) < 4.78 is 3.88. The maximum Gasteiger partial charge on any atom is 0.124 e. The van der Waals surface area contributed by atoms with Crippen LogP contribution in [-0.2, 0) is 20.1 Å². The molecule has 0 spiro atoms. The normalized spacial score (nSPS) is 10.8. The number of nitrogens with one attached hydrogen (secondary N) is 1. The molecule has 1 N–H and O–H groups in total. The zero-order chi connectivity index (χ0) is 12.4. The van der Waals surface area contributed by atoms with Crippen LogP contribution >= 0.6 is 0 Å². The van der Waals surface area contributed by atoms with Gasteiger partial charge in [-0.1, -0.05) is 0 Å². The molecule has 0 amide bonds. The summed E-state index contributed by atoms with van der Waals surface area (Å²) >= 11 is 0. The Morgan fingerprint density at radius 1 is 1.35 bits per heavy atom. The second kappa shape index (κ2) is 4.61. The number of aromatic nitrogens is 4. The molecule has 0 aromatic carbocycles. The van der Waals surface area contributed by atoms with Crippen LogP contribution in [-0.4, -0.2) is 19.6 Å². The molecule has 5 nitrogen and oxygen atoms in total. The van der Waals surface area contributed by atoms with Crippen molar-refractivity contribution in [2.75, 3.05) is 5.32 Å². The van der Waals surface area contributed by atoms with E-state index in [0.717, 1.165) is 24.6 Å². The van der Waals surface area contributed by atoms with Gasteiger partial charge in [-0.2, -0.15) is 10.2 Å². The van der Waals surface area contributed by atoms with Gasteiger partial charge < -0.3 is 5.32 Å². The fraction of sp³-hybridized carbons (Fsp3) is 0.500. The van der Waals surface area contributed by atoms with Gasteiger partial charge in [0.1, 0.15) is 5.82 Å². The first-order valence-electron chi connectivity index (χ1n) is 5.87. The van der Waals surface area contributed by atoms with Gasteiger partial charge in [0.2, 0.25) is 0 Å². The predicted octanol–water partition coefficient (Wildman–Crippen LogP) is 1.87. The Morgan fingerprint density at radius 3 is 2.71 bits per heavy atom. The summed E-state index contributed by atoms with van der Waals surface area (Å²) in [5.41, 5.74) is 3.45. The Labute approximate surface area is 101 Å². The summed E-state index contributed by atoms with van der Waals surface area (Å²) in [5.74, 6) is 1.06. The fourth-order valence-corrected chi connectivity index (χ4v) is 1.93. The molecule has 92 valence electrons. The molecule has 5 heteroatoms. The third-order valence-corrected chi connectivity index (χ3v) is 2.91. The van der Waals surface area contributed by atoms with E-state index in [1.807, 2.05) is 29.5 Å². The number of anilines is 1. The highest BCUT2D eigenvalue weighted by atomic mass is 15.3. The van der Waals surface area contributed by atoms with E-state index in [1.165, 1.54) is 11.3 Å². The van der Waals surface area contributed by atoms with Crippen molar-refractivity contribution < 1.29 is 0 Å². The Morgan fingerprint density at radius 2 is 2.12 bits per heavy atom. The highest BCUT2D eigenvalue weighted by molar-refractivity contribution is 5.38. The van der Waals surface area contributed by atoms with Crippen molar-refractivity contribution >= 4 is 5.82 Å². The largest absolute Gasteiger partial charge is 0.365 e. The van der Waals surface area contributed by atoms with Crippen LogP contribution in [0.15, 0.2) is 12.3 Å². The van der Waals surface area contributed by atoms with Gasteiger partial charge in [0.15, 0.2) is 0 Å². The van der Waals surface area contributed by atoms with E-state index in [-0.39, 0.29) is 0 Å². The third-order valence-electron chi connectivity index (χ3n) is 2.91. The zero-order valence-electron chi connectivity index (χ0n) is 10.9. The van der Waals surface area contributed by atoms with Crippen molar-refractivity contribution in [1.29, 1.82) is 0 Å². The number of aryl methyl sites for hydroxylation is 4. The lowest BCUT2D eigenvalue weighted by molar-refractivity contribution is 0.653. The monoisotopic (exact) mass is 233 g/mol. The van der Waals surface area contributed by atoms with Crippen LogP contribution in [0.1, 0.15) is 23.9 Å². The summed E-state index contributed by atoms with van der Waals surface area (Å²) in [6.07, 6.45) is 1.89. The second-order valence-corrected chi connectivity index (χ2v) is 4.24. The molecule has 0 bridgehead atoms. The molecular formula is C12H19N5. The maximum absolute atomic E-state index is 4.41. The van der Waals surface area contributed by atoms with Crippen molar-refractivity contribution in [3.05, 3.63) is 29.2 Å². The highest BCUT2D eigenvalue weighted by Gasteiger charge is 2.07. The van der Waals surface area contributed by atoms with E-state index in [9.17, 15) is 0 Å². The minimum atomic E-state index is 0.771. The van der Waals surface area contributed by atoms with Gasteiger partial charge in [-0.15, -0.1) is 0 Å². The smallest absolute Gasteiger partial charge is 0.124 e. The van der Waals surface area contributed by atoms with Gasteiger partial charge in [-0.25, -0.2) is 4.68 Å². The van der Waals surface area contributed by atoms with E-state index < -0.39 is 0 Å². The maximum atomic E-state index is 4.41. The number of rotatable bonds is 4. The predicted molar refractivity (Wildman–Crippen MR) is 67.9 cm³/mol. The summed E-state index contributed by atoms with van der Waals surface area (Å²) in [7, 11) is 1.96. The zero-order valence-corrected chi connectivity index (χ0v) is 10.9. The molecule has 2 aromatic rings. The molecule has 0 aliphatic rings. The van der Waals surface area contributed by atoms with E-state index in [2.05, 4.69) is 35.4 Å². The number of hydrogen-bond acceptors (Lipinski definition) is 3. The number of nitrogens with zero attached hydrogens (tertiary/aromatic N) is 4. The van der Waals surface area contributed by atoms with Crippen LogP contribution in [0.2, 0.25) is 0 Å². The van der Waals surface area contributed by atoms with Crippen LogP contribution in [0.5, 0.6) is 0 Å². The van der Waals surface area contributed by atoms with E-state index in [1.54, 1.807) is 0 Å². The van der Waals surface area contributed by atoms with Crippen molar-refractivity contribution in [3.8, 4) is 0 Å². The average Bonchev–Trinajstić information content (AvgIpc) is 2.81. The molecular weight excluding hydrogens is 214 g/mol. The van der Waals surface area contributed by atoms with Crippen LogP contribution < -0.4 is 5.32 Å². The molecule has 0 saturated heterocycles. The van der Waals surface area contributed by atoms with Gasteiger partial charge in [0.05, 0.1) is 24.1 Å². The second-order valence-electron chi connectivity index (χ2n) is 4.24. The Hall–Kier alpha value is -1.78. The average molecular weight is 233 g/mol. The topological polar surface area (TPSA) is 47.7 Å². The Kier molecular flexibility index (Phi) is 3.17. The van der Waals surface area contributed by atoms with Crippen molar-refractivity contribution in [2.24, 2.45) is 7.05 Å². The molecule has 2 rings (SSSR count). The Bertz CT molecular complexity index is 489. The van der Waals surface area contributed by atoms with Gasteiger partial charge in [-0.05, 0) is 26.3 Å². The molecule has 0 radical (unpaired) electrons. The molecule has 0 aliphatic heterocycles. The molecule has 0 fully saturated rings. The lowest BCUT2D eigenvalue weighted by Gasteiger charge is -2.09. The summed E-state index contributed by atoms with van der Waals surface area (Å²) in [6.45, 7) is 7.82. The van der Waals surface area contributed by atoms with Crippen LogP contribution in [0.3, 0.4) is 0 Å². The summed E-state index contributed by atoms with van der Waals surface area (Å²) in [5, 5.41) is 12.0.